The first kappa shape index (κ1) is 19.4. The van der Waals surface area contributed by atoms with Crippen LogP contribution in [0.2, 0.25) is 0 Å². The Bertz CT molecular complexity index is 729. The molecule has 26 heavy (non-hydrogen) atoms. The first-order chi connectivity index (χ1) is 12.5. The molecule has 1 atom stereocenters. The van der Waals surface area contributed by atoms with Gasteiger partial charge < -0.3 is 29.6 Å². The van der Waals surface area contributed by atoms with E-state index < -0.39 is 18.0 Å². The summed E-state index contributed by atoms with van der Waals surface area (Å²) >= 11 is 0. The fourth-order valence-corrected chi connectivity index (χ4v) is 2.75. The first-order valence-electron chi connectivity index (χ1n) is 8.22. The monoisotopic (exact) mass is 364 g/mol. The molecule has 2 N–H and O–H groups in total. The van der Waals surface area contributed by atoms with E-state index in [1.807, 2.05) is 6.92 Å². The standard InChI is InChI=1S/C18H24N2O6/c1-6-7-26-17(21)15-10(2)19-18(22)20-16(15)11-8-13(24-4)14(25-5)9-12(11)23-3/h8-9,16H,6-7H2,1-5H3,(H2,19,20,22). The molecule has 0 saturated heterocycles. The number of allylic oxidation sites excluding steroid dienone is 1. The fourth-order valence-electron chi connectivity index (χ4n) is 2.75. The van der Waals surface area contributed by atoms with E-state index in [2.05, 4.69) is 10.6 Å². The second-order valence-electron chi connectivity index (χ2n) is 5.66. The van der Waals surface area contributed by atoms with Gasteiger partial charge in [-0.15, -0.1) is 0 Å². The first-order valence-corrected chi connectivity index (χ1v) is 8.22. The van der Waals surface area contributed by atoms with Gasteiger partial charge in [-0.2, -0.15) is 0 Å². The van der Waals surface area contributed by atoms with Crippen molar-refractivity contribution in [1.29, 1.82) is 0 Å². The second-order valence-corrected chi connectivity index (χ2v) is 5.66. The molecule has 1 heterocycles. The molecule has 0 aromatic heterocycles. The molecule has 8 nitrogen and oxygen atoms in total. The summed E-state index contributed by atoms with van der Waals surface area (Å²) in [6, 6.07) is 2.15. The predicted molar refractivity (Wildman–Crippen MR) is 94.5 cm³/mol. The van der Waals surface area contributed by atoms with Crippen LogP contribution >= 0.6 is 0 Å². The summed E-state index contributed by atoms with van der Waals surface area (Å²) in [5, 5.41) is 5.36. The molecule has 0 bridgehead atoms. The van der Waals surface area contributed by atoms with Gasteiger partial charge in [0.2, 0.25) is 0 Å². The van der Waals surface area contributed by atoms with Crippen molar-refractivity contribution in [2.75, 3.05) is 27.9 Å². The average molecular weight is 364 g/mol. The van der Waals surface area contributed by atoms with Crippen molar-refractivity contribution < 1.29 is 28.5 Å². The number of amides is 2. The van der Waals surface area contributed by atoms with Crippen molar-refractivity contribution in [2.24, 2.45) is 0 Å². The number of benzene rings is 1. The number of esters is 1. The molecular weight excluding hydrogens is 340 g/mol. The van der Waals surface area contributed by atoms with Crippen LogP contribution in [0.4, 0.5) is 4.79 Å². The van der Waals surface area contributed by atoms with Gasteiger partial charge in [0.1, 0.15) is 5.75 Å². The maximum absolute atomic E-state index is 12.6. The van der Waals surface area contributed by atoms with Gasteiger partial charge >= 0.3 is 12.0 Å². The number of urea groups is 1. The van der Waals surface area contributed by atoms with E-state index >= 15 is 0 Å². The van der Waals surface area contributed by atoms with Gasteiger partial charge in [-0.05, 0) is 19.4 Å². The number of carbonyl (C=O) groups excluding carboxylic acids is 2. The molecule has 1 unspecified atom stereocenters. The summed E-state index contributed by atoms with van der Waals surface area (Å²) in [5.74, 6) is 0.876. The number of ether oxygens (including phenoxy) is 4. The van der Waals surface area contributed by atoms with Gasteiger partial charge in [0.25, 0.3) is 0 Å². The zero-order valence-electron chi connectivity index (χ0n) is 15.6. The quantitative estimate of drug-likeness (QED) is 0.721. The highest BCUT2D eigenvalue weighted by molar-refractivity contribution is 5.95. The minimum atomic E-state index is -0.747. The molecule has 1 aromatic rings. The Hall–Kier alpha value is -2.90. The highest BCUT2D eigenvalue weighted by atomic mass is 16.5. The molecule has 0 aliphatic carbocycles. The third-order valence-electron chi connectivity index (χ3n) is 3.97. The van der Waals surface area contributed by atoms with Crippen molar-refractivity contribution in [3.63, 3.8) is 0 Å². The topological polar surface area (TPSA) is 95.1 Å². The Kier molecular flexibility index (Phi) is 6.32. The third-order valence-corrected chi connectivity index (χ3v) is 3.97. The van der Waals surface area contributed by atoms with Crippen molar-refractivity contribution in [1.82, 2.24) is 10.6 Å². The smallest absolute Gasteiger partial charge is 0.338 e. The van der Waals surface area contributed by atoms with Crippen LogP contribution in [-0.4, -0.2) is 39.9 Å². The lowest BCUT2D eigenvalue weighted by Crippen LogP contribution is -2.45. The van der Waals surface area contributed by atoms with Crippen molar-refractivity contribution in [2.45, 2.75) is 26.3 Å². The number of hydrogen-bond acceptors (Lipinski definition) is 6. The average Bonchev–Trinajstić information content (AvgIpc) is 2.64. The van der Waals surface area contributed by atoms with Crippen LogP contribution < -0.4 is 24.8 Å². The Morgan fingerprint density at radius 2 is 1.69 bits per heavy atom. The van der Waals surface area contributed by atoms with E-state index in [-0.39, 0.29) is 0 Å². The van der Waals surface area contributed by atoms with Crippen molar-refractivity contribution in [3.05, 3.63) is 29.0 Å². The Balaban J connectivity index is 2.57. The van der Waals surface area contributed by atoms with Crippen LogP contribution in [0.5, 0.6) is 17.2 Å². The highest BCUT2D eigenvalue weighted by Gasteiger charge is 2.34. The maximum atomic E-state index is 12.6. The SMILES string of the molecule is CCCOC(=O)C1=C(C)NC(=O)NC1c1cc(OC)c(OC)cc1OC. The van der Waals surface area contributed by atoms with Crippen LogP contribution in [0, 0.1) is 0 Å². The van der Waals surface area contributed by atoms with E-state index in [1.54, 1.807) is 19.1 Å². The summed E-state index contributed by atoms with van der Waals surface area (Å²) in [6.07, 6.45) is 0.697. The lowest BCUT2D eigenvalue weighted by molar-refractivity contribution is -0.139. The van der Waals surface area contributed by atoms with E-state index in [1.165, 1.54) is 21.3 Å². The van der Waals surface area contributed by atoms with Crippen molar-refractivity contribution >= 4 is 12.0 Å². The van der Waals surface area contributed by atoms with Crippen LogP contribution in [0.15, 0.2) is 23.4 Å². The summed E-state index contributed by atoms with van der Waals surface area (Å²) in [7, 11) is 4.52. The minimum Gasteiger partial charge on any atom is -0.496 e. The molecular formula is C18H24N2O6. The Morgan fingerprint density at radius 3 is 2.27 bits per heavy atom. The summed E-state index contributed by atoms with van der Waals surface area (Å²) in [6.45, 7) is 3.85. The number of carbonyl (C=O) groups is 2. The zero-order chi connectivity index (χ0) is 19.3. The summed E-state index contributed by atoms with van der Waals surface area (Å²) < 4.78 is 21.3. The maximum Gasteiger partial charge on any atom is 0.338 e. The predicted octanol–water partition coefficient (Wildman–Crippen LogP) is 2.29. The van der Waals surface area contributed by atoms with Crippen LogP contribution in [0.25, 0.3) is 0 Å². The van der Waals surface area contributed by atoms with Crippen LogP contribution in [0.3, 0.4) is 0 Å². The second kappa shape index (κ2) is 8.46. The van der Waals surface area contributed by atoms with Gasteiger partial charge in [0, 0.05) is 17.3 Å². The Labute approximate surface area is 152 Å². The van der Waals surface area contributed by atoms with E-state index in [4.69, 9.17) is 18.9 Å². The lowest BCUT2D eigenvalue weighted by Gasteiger charge is -2.29. The normalized spacial score (nSPS) is 16.5. The molecule has 1 aromatic carbocycles. The molecule has 1 aliphatic heterocycles. The van der Waals surface area contributed by atoms with Gasteiger partial charge in [0.05, 0.1) is 39.6 Å². The van der Waals surface area contributed by atoms with Gasteiger partial charge in [-0.25, -0.2) is 9.59 Å². The zero-order valence-corrected chi connectivity index (χ0v) is 15.6. The molecule has 1 aliphatic rings. The van der Waals surface area contributed by atoms with E-state index in [0.29, 0.717) is 47.1 Å². The summed E-state index contributed by atoms with van der Waals surface area (Å²) in [4.78, 5) is 24.6. The van der Waals surface area contributed by atoms with Crippen molar-refractivity contribution in [3.8, 4) is 17.2 Å². The van der Waals surface area contributed by atoms with Crippen LogP contribution in [0.1, 0.15) is 31.9 Å². The third kappa shape index (κ3) is 3.84. The largest absolute Gasteiger partial charge is 0.496 e. The van der Waals surface area contributed by atoms with E-state index in [9.17, 15) is 9.59 Å². The molecule has 142 valence electrons. The van der Waals surface area contributed by atoms with Crippen LogP contribution in [-0.2, 0) is 9.53 Å². The molecule has 8 heteroatoms. The number of nitrogens with one attached hydrogen (secondary N) is 2. The Morgan fingerprint density at radius 1 is 1.08 bits per heavy atom. The van der Waals surface area contributed by atoms with Gasteiger partial charge in [-0.1, -0.05) is 6.92 Å². The summed E-state index contributed by atoms with van der Waals surface area (Å²) in [5.41, 5.74) is 1.29. The van der Waals surface area contributed by atoms with Gasteiger partial charge in [0.15, 0.2) is 11.5 Å². The van der Waals surface area contributed by atoms with E-state index in [0.717, 1.165) is 0 Å². The number of rotatable bonds is 7. The van der Waals surface area contributed by atoms with Gasteiger partial charge in [-0.3, -0.25) is 0 Å². The number of methoxy groups -OCH3 is 3. The lowest BCUT2D eigenvalue weighted by atomic mass is 9.94. The minimum absolute atomic E-state index is 0.291. The fraction of sp³-hybridized carbons (Fsp3) is 0.444. The highest BCUT2D eigenvalue weighted by Crippen LogP contribution is 2.40. The molecule has 0 saturated carbocycles. The molecule has 0 spiro atoms. The number of hydrogen-bond donors (Lipinski definition) is 2. The molecule has 2 amide bonds. The molecule has 2 rings (SSSR count). The molecule has 0 fully saturated rings. The molecule has 0 radical (unpaired) electrons.